The lowest BCUT2D eigenvalue weighted by Gasteiger charge is -2.33. The molecule has 2 aliphatic heterocycles. The Morgan fingerprint density at radius 3 is 2.29 bits per heavy atom. The maximum Gasteiger partial charge on any atom is 0.257 e. The first-order valence-corrected chi connectivity index (χ1v) is 11.4. The van der Waals surface area contributed by atoms with E-state index in [2.05, 4.69) is 23.8 Å². The van der Waals surface area contributed by atoms with E-state index in [1.54, 1.807) is 0 Å². The van der Waals surface area contributed by atoms with Crippen LogP contribution >= 0.6 is 0 Å². The van der Waals surface area contributed by atoms with Crippen LogP contribution in [0.5, 0.6) is 0 Å². The minimum atomic E-state index is 0.100. The summed E-state index contributed by atoms with van der Waals surface area (Å²) in [5.74, 6) is 2.34. The Bertz CT molecular complexity index is 955. The Kier molecular flexibility index (Phi) is 6.27. The molecule has 0 aromatic carbocycles. The number of carbonyl (C=O) groups excluding carboxylic acids is 1. The number of piperidine rings is 1. The lowest BCUT2D eigenvalue weighted by molar-refractivity contribution is 0.0709. The van der Waals surface area contributed by atoms with Crippen LogP contribution in [-0.4, -0.2) is 69.9 Å². The maximum atomic E-state index is 13.2. The number of aromatic nitrogens is 4. The summed E-state index contributed by atoms with van der Waals surface area (Å²) in [6, 6.07) is 0. The van der Waals surface area contributed by atoms with Gasteiger partial charge in [-0.1, -0.05) is 0 Å². The van der Waals surface area contributed by atoms with E-state index in [9.17, 15) is 4.79 Å². The third-order valence-electron chi connectivity index (χ3n) is 6.73. The van der Waals surface area contributed by atoms with Gasteiger partial charge >= 0.3 is 0 Å². The van der Waals surface area contributed by atoms with Gasteiger partial charge in [0.05, 0.1) is 24.5 Å². The fourth-order valence-corrected chi connectivity index (χ4v) is 4.71. The number of amides is 1. The maximum absolute atomic E-state index is 13.2. The number of anilines is 1. The van der Waals surface area contributed by atoms with Gasteiger partial charge in [-0.15, -0.1) is 0 Å². The molecule has 4 rings (SSSR count). The Hall–Kier alpha value is -2.48. The van der Waals surface area contributed by atoms with Gasteiger partial charge in [-0.2, -0.15) is 5.10 Å². The number of aryl methyl sites for hydroxylation is 3. The SMILES string of the molecule is CCn1nc(C)c(C(=O)N2CCC(c3nc(C)c(C)c(N4CCOCC4)n3)CC2)c1C. The molecule has 8 heteroatoms. The first-order valence-electron chi connectivity index (χ1n) is 11.4. The summed E-state index contributed by atoms with van der Waals surface area (Å²) in [4.78, 5) is 27.3. The molecule has 1 amide bonds. The number of nitrogens with zero attached hydrogens (tertiary/aromatic N) is 6. The van der Waals surface area contributed by atoms with Crippen LogP contribution < -0.4 is 4.90 Å². The zero-order chi connectivity index (χ0) is 22.1. The predicted molar refractivity (Wildman–Crippen MR) is 120 cm³/mol. The van der Waals surface area contributed by atoms with E-state index in [0.717, 1.165) is 98.6 Å². The van der Waals surface area contributed by atoms with Crippen LogP contribution in [0.4, 0.5) is 5.82 Å². The highest BCUT2D eigenvalue weighted by molar-refractivity contribution is 5.96. The monoisotopic (exact) mass is 426 g/mol. The zero-order valence-corrected chi connectivity index (χ0v) is 19.4. The van der Waals surface area contributed by atoms with E-state index in [4.69, 9.17) is 14.7 Å². The van der Waals surface area contributed by atoms with Crippen molar-refractivity contribution >= 4 is 11.7 Å². The van der Waals surface area contributed by atoms with E-state index in [1.165, 1.54) is 0 Å². The van der Waals surface area contributed by atoms with Gasteiger partial charge in [-0.3, -0.25) is 9.48 Å². The van der Waals surface area contributed by atoms with E-state index >= 15 is 0 Å². The minimum Gasteiger partial charge on any atom is -0.378 e. The van der Waals surface area contributed by atoms with Crippen molar-refractivity contribution in [1.29, 1.82) is 0 Å². The molecular weight excluding hydrogens is 392 g/mol. The molecule has 2 aliphatic rings. The van der Waals surface area contributed by atoms with Gasteiger partial charge in [-0.25, -0.2) is 9.97 Å². The Labute approximate surface area is 184 Å². The van der Waals surface area contributed by atoms with Crippen molar-refractivity contribution < 1.29 is 9.53 Å². The third-order valence-corrected chi connectivity index (χ3v) is 6.73. The molecule has 0 unspecified atom stereocenters. The molecule has 2 fully saturated rings. The Morgan fingerprint density at radius 1 is 1.00 bits per heavy atom. The quantitative estimate of drug-likeness (QED) is 0.748. The first kappa shape index (κ1) is 21.7. The largest absolute Gasteiger partial charge is 0.378 e. The van der Waals surface area contributed by atoms with E-state index < -0.39 is 0 Å². The molecule has 0 atom stereocenters. The number of ether oxygens (including phenoxy) is 1. The average molecular weight is 427 g/mol. The van der Waals surface area contributed by atoms with Crippen molar-refractivity contribution in [3.8, 4) is 0 Å². The number of rotatable bonds is 4. The molecule has 8 nitrogen and oxygen atoms in total. The molecule has 31 heavy (non-hydrogen) atoms. The van der Waals surface area contributed by atoms with E-state index in [1.807, 2.05) is 30.4 Å². The van der Waals surface area contributed by atoms with Gasteiger partial charge in [0.15, 0.2) is 0 Å². The molecule has 4 heterocycles. The molecule has 2 saturated heterocycles. The molecular formula is C23H34N6O2. The second kappa shape index (κ2) is 8.94. The van der Waals surface area contributed by atoms with Crippen LogP contribution in [0.25, 0.3) is 0 Å². The van der Waals surface area contributed by atoms with Gasteiger partial charge in [0, 0.05) is 55.6 Å². The van der Waals surface area contributed by atoms with Crippen molar-refractivity contribution in [2.24, 2.45) is 0 Å². The summed E-state index contributed by atoms with van der Waals surface area (Å²) >= 11 is 0. The second-order valence-electron chi connectivity index (χ2n) is 8.64. The number of hydrogen-bond acceptors (Lipinski definition) is 6. The van der Waals surface area contributed by atoms with E-state index in [0.29, 0.717) is 0 Å². The number of hydrogen-bond donors (Lipinski definition) is 0. The molecule has 0 N–H and O–H groups in total. The fraction of sp³-hybridized carbons (Fsp3) is 0.652. The summed E-state index contributed by atoms with van der Waals surface area (Å²) in [7, 11) is 0. The van der Waals surface area contributed by atoms with Gasteiger partial charge in [0.2, 0.25) is 0 Å². The van der Waals surface area contributed by atoms with Gasteiger partial charge in [0.1, 0.15) is 11.6 Å². The summed E-state index contributed by atoms with van der Waals surface area (Å²) in [6.45, 7) is 15.6. The summed E-state index contributed by atoms with van der Waals surface area (Å²) in [5.41, 5.74) is 4.73. The Morgan fingerprint density at radius 2 is 1.68 bits per heavy atom. The highest BCUT2D eigenvalue weighted by Gasteiger charge is 2.30. The molecule has 0 bridgehead atoms. The van der Waals surface area contributed by atoms with Crippen molar-refractivity contribution in [3.05, 3.63) is 34.0 Å². The molecule has 0 spiro atoms. The highest BCUT2D eigenvalue weighted by Crippen LogP contribution is 2.30. The number of likely N-dealkylation sites (tertiary alicyclic amines) is 1. The first-order chi connectivity index (χ1) is 14.9. The van der Waals surface area contributed by atoms with Crippen LogP contribution in [0.1, 0.15) is 64.5 Å². The summed E-state index contributed by atoms with van der Waals surface area (Å²) in [5, 5.41) is 4.51. The molecule has 0 aliphatic carbocycles. The minimum absolute atomic E-state index is 0.100. The number of morpholine rings is 1. The second-order valence-corrected chi connectivity index (χ2v) is 8.64. The van der Waals surface area contributed by atoms with Crippen LogP contribution in [0.15, 0.2) is 0 Å². The topological polar surface area (TPSA) is 76.4 Å². The van der Waals surface area contributed by atoms with Crippen LogP contribution in [0.3, 0.4) is 0 Å². The third kappa shape index (κ3) is 4.18. The van der Waals surface area contributed by atoms with E-state index in [-0.39, 0.29) is 11.8 Å². The van der Waals surface area contributed by atoms with Crippen molar-refractivity contribution in [3.63, 3.8) is 0 Å². The van der Waals surface area contributed by atoms with Crippen LogP contribution in [0, 0.1) is 27.7 Å². The summed E-state index contributed by atoms with van der Waals surface area (Å²) in [6.07, 6.45) is 1.77. The van der Waals surface area contributed by atoms with Gasteiger partial charge in [0.25, 0.3) is 5.91 Å². The van der Waals surface area contributed by atoms with Crippen LogP contribution in [0.2, 0.25) is 0 Å². The van der Waals surface area contributed by atoms with Gasteiger partial charge in [-0.05, 0) is 47.5 Å². The molecule has 2 aromatic heterocycles. The standard InChI is InChI=1S/C23H34N6O2/c1-6-29-18(5)20(17(4)26-29)23(30)28-9-7-19(8-10-28)21-24-16(3)15(2)22(25-21)27-11-13-31-14-12-27/h19H,6-14H2,1-5H3. The highest BCUT2D eigenvalue weighted by atomic mass is 16.5. The van der Waals surface area contributed by atoms with Crippen molar-refractivity contribution in [2.45, 2.75) is 59.9 Å². The normalized spacial score (nSPS) is 18.0. The van der Waals surface area contributed by atoms with Crippen molar-refractivity contribution in [1.82, 2.24) is 24.6 Å². The lowest BCUT2D eigenvalue weighted by Crippen LogP contribution is -2.39. The molecule has 0 radical (unpaired) electrons. The average Bonchev–Trinajstić information content (AvgIpc) is 3.08. The zero-order valence-electron chi connectivity index (χ0n) is 19.4. The predicted octanol–water partition coefficient (Wildman–Crippen LogP) is 2.78. The van der Waals surface area contributed by atoms with Crippen LogP contribution in [-0.2, 0) is 11.3 Å². The smallest absolute Gasteiger partial charge is 0.257 e. The fourth-order valence-electron chi connectivity index (χ4n) is 4.71. The lowest BCUT2D eigenvalue weighted by atomic mass is 9.95. The summed E-state index contributed by atoms with van der Waals surface area (Å²) < 4.78 is 7.41. The molecule has 168 valence electrons. The van der Waals surface area contributed by atoms with Gasteiger partial charge < -0.3 is 14.5 Å². The number of carbonyl (C=O) groups is 1. The molecule has 2 aromatic rings. The molecule has 0 saturated carbocycles. The van der Waals surface area contributed by atoms with Crippen molar-refractivity contribution in [2.75, 3.05) is 44.3 Å². The Balaban J connectivity index is 1.48.